The summed E-state index contributed by atoms with van der Waals surface area (Å²) >= 11 is 7.62. The lowest BCUT2D eigenvalue weighted by Gasteiger charge is -2.29. The number of hydrogen-bond donors (Lipinski definition) is 0. The third-order valence-corrected chi connectivity index (χ3v) is 5.79. The van der Waals surface area contributed by atoms with E-state index in [-0.39, 0.29) is 0 Å². The lowest BCUT2D eigenvalue weighted by Crippen LogP contribution is -2.37. The van der Waals surface area contributed by atoms with Crippen molar-refractivity contribution in [3.63, 3.8) is 0 Å². The van der Waals surface area contributed by atoms with Crippen LogP contribution in [0.2, 0.25) is 5.02 Å². The van der Waals surface area contributed by atoms with Crippen molar-refractivity contribution in [2.45, 2.75) is 10.9 Å². The molecule has 5 nitrogen and oxygen atoms in total. The van der Waals surface area contributed by atoms with Crippen LogP contribution in [0.15, 0.2) is 59.8 Å². The van der Waals surface area contributed by atoms with E-state index < -0.39 is 0 Å². The molecule has 0 atom stereocenters. The van der Waals surface area contributed by atoms with Gasteiger partial charge in [-0.15, -0.1) is 0 Å². The van der Waals surface area contributed by atoms with Crippen LogP contribution in [-0.4, -0.2) is 36.3 Å². The maximum absolute atomic E-state index is 9.92. The van der Waals surface area contributed by atoms with Gasteiger partial charge in [0.25, 0.3) is 0 Å². The van der Waals surface area contributed by atoms with E-state index in [0.29, 0.717) is 53.6 Å². The zero-order valence-electron chi connectivity index (χ0n) is 15.7. The van der Waals surface area contributed by atoms with E-state index >= 15 is 0 Å². The third kappa shape index (κ3) is 4.70. The predicted molar refractivity (Wildman–Crippen MR) is 116 cm³/mol. The number of nitriles is 1. The molecule has 0 amide bonds. The second kappa shape index (κ2) is 9.27. The average molecular weight is 423 g/mol. The van der Waals surface area contributed by atoms with Gasteiger partial charge in [0.1, 0.15) is 11.6 Å². The lowest BCUT2D eigenvalue weighted by atomic mass is 10.1. The number of aromatic nitrogens is 2. The van der Waals surface area contributed by atoms with E-state index in [1.807, 2.05) is 42.5 Å². The molecule has 0 radical (unpaired) electrons. The van der Waals surface area contributed by atoms with Gasteiger partial charge in [-0.25, -0.2) is 9.97 Å². The molecule has 29 heavy (non-hydrogen) atoms. The molecular formula is C22H19ClN4OS. The van der Waals surface area contributed by atoms with Crippen LogP contribution in [0.3, 0.4) is 0 Å². The van der Waals surface area contributed by atoms with Crippen LogP contribution in [0.1, 0.15) is 11.1 Å². The number of benzene rings is 2. The fourth-order valence-electron chi connectivity index (χ4n) is 3.14. The van der Waals surface area contributed by atoms with Crippen molar-refractivity contribution in [2.24, 2.45) is 0 Å². The van der Waals surface area contributed by atoms with Gasteiger partial charge >= 0.3 is 0 Å². The van der Waals surface area contributed by atoms with Gasteiger partial charge in [-0.3, -0.25) is 0 Å². The molecule has 3 aromatic rings. The Hall–Kier alpha value is -2.59. The minimum absolute atomic E-state index is 0.485. The molecule has 0 spiro atoms. The van der Waals surface area contributed by atoms with Crippen LogP contribution >= 0.6 is 23.4 Å². The highest BCUT2D eigenvalue weighted by molar-refractivity contribution is 7.98. The molecule has 2 heterocycles. The Labute approximate surface area is 179 Å². The molecule has 1 fully saturated rings. The van der Waals surface area contributed by atoms with Gasteiger partial charge in [0.05, 0.1) is 18.9 Å². The molecule has 1 saturated heterocycles. The first-order chi connectivity index (χ1) is 14.2. The normalized spacial score (nSPS) is 13.9. The standard InChI is InChI=1S/C22H19ClN4OS/c23-18-8-6-17(7-9-18)20-19(14-24)21(27-10-12-28-13-11-27)26-22(25-20)29-15-16-4-2-1-3-5-16/h1-9H,10-13,15H2. The quantitative estimate of drug-likeness (QED) is 0.435. The number of halogens is 1. The Morgan fingerprint density at radius 1 is 1.03 bits per heavy atom. The summed E-state index contributed by atoms with van der Waals surface area (Å²) in [4.78, 5) is 11.6. The molecule has 1 aliphatic rings. The van der Waals surface area contributed by atoms with E-state index in [1.165, 1.54) is 5.56 Å². The van der Waals surface area contributed by atoms with Crippen molar-refractivity contribution in [2.75, 3.05) is 31.2 Å². The summed E-state index contributed by atoms with van der Waals surface area (Å²) in [6, 6.07) is 19.9. The first-order valence-corrected chi connectivity index (χ1v) is 10.7. The molecule has 0 bridgehead atoms. The molecule has 4 rings (SSSR count). The highest BCUT2D eigenvalue weighted by Gasteiger charge is 2.22. The molecule has 0 aliphatic carbocycles. The maximum atomic E-state index is 9.92. The van der Waals surface area contributed by atoms with Crippen LogP contribution in [0, 0.1) is 11.3 Å². The molecule has 1 aliphatic heterocycles. The summed E-state index contributed by atoms with van der Waals surface area (Å²) in [5, 5.41) is 11.2. The van der Waals surface area contributed by atoms with Gasteiger partial charge in [0.15, 0.2) is 11.0 Å². The number of hydrogen-bond acceptors (Lipinski definition) is 6. The Morgan fingerprint density at radius 3 is 2.45 bits per heavy atom. The molecule has 146 valence electrons. The molecular weight excluding hydrogens is 404 g/mol. The fraction of sp³-hybridized carbons (Fsp3) is 0.227. The van der Waals surface area contributed by atoms with Crippen molar-refractivity contribution >= 4 is 29.2 Å². The van der Waals surface area contributed by atoms with Crippen molar-refractivity contribution < 1.29 is 4.74 Å². The number of thioether (sulfide) groups is 1. The molecule has 1 aromatic heterocycles. The first-order valence-electron chi connectivity index (χ1n) is 9.32. The van der Waals surface area contributed by atoms with Crippen molar-refractivity contribution in [3.8, 4) is 17.3 Å². The summed E-state index contributed by atoms with van der Waals surface area (Å²) in [5.74, 6) is 1.43. The zero-order valence-corrected chi connectivity index (χ0v) is 17.3. The lowest BCUT2D eigenvalue weighted by molar-refractivity contribution is 0.122. The number of rotatable bonds is 5. The highest BCUT2D eigenvalue weighted by Crippen LogP contribution is 2.32. The highest BCUT2D eigenvalue weighted by atomic mass is 35.5. The molecule has 0 saturated carbocycles. The fourth-order valence-corrected chi connectivity index (χ4v) is 4.06. The summed E-state index contributed by atoms with van der Waals surface area (Å²) < 4.78 is 5.47. The number of anilines is 1. The van der Waals surface area contributed by atoms with Gasteiger partial charge in [-0.05, 0) is 17.7 Å². The Balaban J connectivity index is 1.75. The Morgan fingerprint density at radius 2 is 1.76 bits per heavy atom. The van der Waals surface area contributed by atoms with Gasteiger partial charge in [-0.1, -0.05) is 65.8 Å². The van der Waals surface area contributed by atoms with Crippen LogP contribution in [0.4, 0.5) is 5.82 Å². The minimum atomic E-state index is 0.485. The van der Waals surface area contributed by atoms with E-state index in [2.05, 4.69) is 23.1 Å². The van der Waals surface area contributed by atoms with Crippen LogP contribution < -0.4 is 4.90 Å². The van der Waals surface area contributed by atoms with Gasteiger partial charge < -0.3 is 9.64 Å². The average Bonchev–Trinajstić information content (AvgIpc) is 2.79. The number of ether oxygens (including phenoxy) is 1. The Kier molecular flexibility index (Phi) is 6.30. The van der Waals surface area contributed by atoms with Gasteiger partial charge in [0.2, 0.25) is 0 Å². The summed E-state index contributed by atoms with van der Waals surface area (Å²) in [5.41, 5.74) is 3.17. The third-order valence-electron chi connectivity index (χ3n) is 4.62. The zero-order chi connectivity index (χ0) is 20.1. The van der Waals surface area contributed by atoms with E-state index in [1.54, 1.807) is 11.8 Å². The second-order valence-electron chi connectivity index (χ2n) is 6.55. The Bertz CT molecular complexity index is 1020. The van der Waals surface area contributed by atoms with Gasteiger partial charge in [-0.2, -0.15) is 5.26 Å². The summed E-state index contributed by atoms with van der Waals surface area (Å²) in [6.45, 7) is 2.65. The van der Waals surface area contributed by atoms with Crippen LogP contribution in [0.5, 0.6) is 0 Å². The summed E-state index contributed by atoms with van der Waals surface area (Å²) in [7, 11) is 0. The van der Waals surface area contributed by atoms with E-state index in [4.69, 9.17) is 26.3 Å². The van der Waals surface area contributed by atoms with E-state index in [9.17, 15) is 5.26 Å². The smallest absolute Gasteiger partial charge is 0.190 e. The van der Waals surface area contributed by atoms with Crippen LogP contribution in [0.25, 0.3) is 11.3 Å². The van der Waals surface area contributed by atoms with Crippen molar-refractivity contribution in [1.29, 1.82) is 5.26 Å². The first kappa shape index (κ1) is 19.7. The molecule has 7 heteroatoms. The van der Waals surface area contributed by atoms with Crippen molar-refractivity contribution in [1.82, 2.24) is 9.97 Å². The SMILES string of the molecule is N#Cc1c(-c2ccc(Cl)cc2)nc(SCc2ccccc2)nc1N1CCOCC1. The minimum Gasteiger partial charge on any atom is -0.378 e. The van der Waals surface area contributed by atoms with Crippen LogP contribution in [-0.2, 0) is 10.5 Å². The largest absolute Gasteiger partial charge is 0.378 e. The summed E-state index contributed by atoms with van der Waals surface area (Å²) in [6.07, 6.45) is 0. The molecule has 2 aromatic carbocycles. The van der Waals surface area contributed by atoms with E-state index in [0.717, 1.165) is 11.3 Å². The maximum Gasteiger partial charge on any atom is 0.190 e. The van der Waals surface area contributed by atoms with Gasteiger partial charge in [0, 0.05) is 29.4 Å². The topological polar surface area (TPSA) is 62.0 Å². The number of morpholine rings is 1. The number of nitrogens with zero attached hydrogens (tertiary/aromatic N) is 4. The monoisotopic (exact) mass is 422 g/mol. The predicted octanol–water partition coefficient (Wildman–Crippen LogP) is 4.80. The molecule has 0 unspecified atom stereocenters. The second-order valence-corrected chi connectivity index (χ2v) is 7.92. The van der Waals surface area contributed by atoms with Crippen molar-refractivity contribution in [3.05, 3.63) is 70.7 Å². The molecule has 0 N–H and O–H groups in total.